The van der Waals surface area contributed by atoms with Crippen LogP contribution in [0.3, 0.4) is 0 Å². The number of amides is 1. The summed E-state index contributed by atoms with van der Waals surface area (Å²) in [5.41, 5.74) is 1.31. The summed E-state index contributed by atoms with van der Waals surface area (Å²) < 4.78 is 5.11. The molecule has 4 heteroatoms. The van der Waals surface area contributed by atoms with Crippen LogP contribution in [0, 0.1) is 18.3 Å². The van der Waals surface area contributed by atoms with Crippen LogP contribution in [-0.2, 0) is 4.74 Å². The zero-order valence-corrected chi connectivity index (χ0v) is 10.5. The van der Waals surface area contributed by atoms with E-state index in [-0.39, 0.29) is 0 Å². The van der Waals surface area contributed by atoms with E-state index >= 15 is 0 Å². The lowest BCUT2D eigenvalue weighted by Gasteiger charge is -2.20. The van der Waals surface area contributed by atoms with E-state index in [4.69, 9.17) is 10.00 Å². The van der Waals surface area contributed by atoms with E-state index < -0.39 is 11.7 Å². The topological polar surface area (TPSA) is 62.1 Å². The van der Waals surface area contributed by atoms with Gasteiger partial charge in [0.05, 0.1) is 11.3 Å². The lowest BCUT2D eigenvalue weighted by Crippen LogP contribution is -2.27. The van der Waals surface area contributed by atoms with E-state index in [9.17, 15) is 4.79 Å². The van der Waals surface area contributed by atoms with Crippen molar-refractivity contribution in [3.05, 3.63) is 29.3 Å². The van der Waals surface area contributed by atoms with Crippen molar-refractivity contribution in [2.24, 2.45) is 0 Å². The van der Waals surface area contributed by atoms with Gasteiger partial charge < -0.3 is 4.74 Å². The van der Waals surface area contributed by atoms with Gasteiger partial charge in [-0.15, -0.1) is 0 Å². The minimum Gasteiger partial charge on any atom is -0.444 e. The van der Waals surface area contributed by atoms with Crippen molar-refractivity contribution >= 4 is 11.8 Å². The highest BCUT2D eigenvalue weighted by molar-refractivity contribution is 5.86. The Labute approximate surface area is 101 Å². The molecule has 4 nitrogen and oxygen atoms in total. The van der Waals surface area contributed by atoms with Gasteiger partial charge in [0, 0.05) is 0 Å². The number of hydrogen-bond donors (Lipinski definition) is 1. The van der Waals surface area contributed by atoms with Crippen molar-refractivity contribution in [2.75, 3.05) is 5.32 Å². The molecular formula is C13H16N2O2. The van der Waals surface area contributed by atoms with Gasteiger partial charge in [-0.2, -0.15) is 5.26 Å². The third-order valence-corrected chi connectivity index (χ3v) is 1.93. The lowest BCUT2D eigenvalue weighted by atomic mass is 10.1. The highest BCUT2D eigenvalue weighted by Crippen LogP contribution is 2.17. The Morgan fingerprint density at radius 2 is 2.06 bits per heavy atom. The van der Waals surface area contributed by atoms with Crippen LogP contribution in [0.2, 0.25) is 0 Å². The number of nitrogens with zero attached hydrogens (tertiary/aromatic N) is 1. The molecule has 0 radical (unpaired) electrons. The summed E-state index contributed by atoms with van der Waals surface area (Å²) in [5.74, 6) is 0. The number of rotatable bonds is 1. The molecule has 0 aliphatic carbocycles. The first kappa shape index (κ1) is 13.0. The molecule has 1 rings (SSSR count). The van der Waals surface area contributed by atoms with Crippen molar-refractivity contribution < 1.29 is 9.53 Å². The molecule has 0 saturated carbocycles. The maximum atomic E-state index is 11.5. The fourth-order valence-corrected chi connectivity index (χ4v) is 1.27. The van der Waals surface area contributed by atoms with Crippen LogP contribution in [0.25, 0.3) is 0 Å². The van der Waals surface area contributed by atoms with Gasteiger partial charge in [-0.25, -0.2) is 4.79 Å². The molecule has 0 bridgehead atoms. The second kappa shape index (κ2) is 4.88. The summed E-state index contributed by atoms with van der Waals surface area (Å²) in [4.78, 5) is 11.5. The predicted molar refractivity (Wildman–Crippen MR) is 65.8 cm³/mol. The molecule has 0 saturated heterocycles. The molecule has 0 unspecified atom stereocenters. The summed E-state index contributed by atoms with van der Waals surface area (Å²) in [7, 11) is 0. The maximum Gasteiger partial charge on any atom is 0.412 e. The minimum absolute atomic E-state index is 0.427. The second-order valence-electron chi connectivity index (χ2n) is 4.79. The third-order valence-electron chi connectivity index (χ3n) is 1.93. The zero-order chi connectivity index (χ0) is 13.1. The molecule has 17 heavy (non-hydrogen) atoms. The summed E-state index contributed by atoms with van der Waals surface area (Å²) in [6.45, 7) is 7.24. The molecule has 0 heterocycles. The number of aryl methyl sites for hydroxylation is 1. The minimum atomic E-state index is -0.558. The van der Waals surface area contributed by atoms with E-state index in [2.05, 4.69) is 5.32 Å². The number of ether oxygens (including phenoxy) is 1. The zero-order valence-electron chi connectivity index (χ0n) is 10.5. The van der Waals surface area contributed by atoms with Crippen molar-refractivity contribution in [1.82, 2.24) is 0 Å². The van der Waals surface area contributed by atoms with Crippen molar-refractivity contribution in [2.45, 2.75) is 33.3 Å². The number of anilines is 1. The van der Waals surface area contributed by atoms with Crippen LogP contribution in [0.5, 0.6) is 0 Å². The summed E-state index contributed by atoms with van der Waals surface area (Å²) in [6, 6.07) is 7.27. The summed E-state index contributed by atoms with van der Waals surface area (Å²) in [5, 5.41) is 11.5. The quantitative estimate of drug-likeness (QED) is 0.808. The average Bonchev–Trinajstić information content (AvgIpc) is 2.17. The summed E-state index contributed by atoms with van der Waals surface area (Å²) >= 11 is 0. The first-order valence-corrected chi connectivity index (χ1v) is 5.32. The van der Waals surface area contributed by atoms with Gasteiger partial charge in [0.1, 0.15) is 11.7 Å². The Hall–Kier alpha value is -2.02. The van der Waals surface area contributed by atoms with E-state index in [0.29, 0.717) is 11.3 Å². The van der Waals surface area contributed by atoms with Gasteiger partial charge in [-0.1, -0.05) is 6.07 Å². The first-order chi connectivity index (χ1) is 7.81. The Morgan fingerprint density at radius 1 is 1.41 bits per heavy atom. The largest absolute Gasteiger partial charge is 0.444 e. The fourth-order valence-electron chi connectivity index (χ4n) is 1.27. The fraction of sp³-hybridized carbons (Fsp3) is 0.385. The van der Waals surface area contributed by atoms with Crippen LogP contribution in [0.1, 0.15) is 31.9 Å². The number of hydrogen-bond acceptors (Lipinski definition) is 3. The van der Waals surface area contributed by atoms with Crippen molar-refractivity contribution in [1.29, 1.82) is 5.26 Å². The number of nitriles is 1. The van der Waals surface area contributed by atoms with Crippen LogP contribution >= 0.6 is 0 Å². The Balaban J connectivity index is 2.83. The molecule has 1 aromatic rings. The molecule has 0 aliphatic heterocycles. The van der Waals surface area contributed by atoms with Gasteiger partial charge >= 0.3 is 6.09 Å². The molecular weight excluding hydrogens is 216 g/mol. The molecule has 0 aromatic heterocycles. The Morgan fingerprint density at radius 3 is 2.59 bits per heavy atom. The number of carbonyl (C=O) groups excluding carboxylic acids is 1. The molecule has 0 spiro atoms. The highest BCUT2D eigenvalue weighted by Gasteiger charge is 2.17. The van der Waals surface area contributed by atoms with Crippen LogP contribution < -0.4 is 5.32 Å². The normalized spacial score (nSPS) is 10.5. The highest BCUT2D eigenvalue weighted by atomic mass is 16.6. The van der Waals surface area contributed by atoms with E-state index in [0.717, 1.165) is 5.56 Å². The predicted octanol–water partition coefficient (Wildman–Crippen LogP) is 3.21. The van der Waals surface area contributed by atoms with Crippen LogP contribution in [0.15, 0.2) is 18.2 Å². The maximum absolute atomic E-state index is 11.5. The van der Waals surface area contributed by atoms with Gasteiger partial charge in [-0.3, -0.25) is 5.32 Å². The van der Waals surface area contributed by atoms with Crippen molar-refractivity contribution in [3.63, 3.8) is 0 Å². The van der Waals surface area contributed by atoms with Crippen LogP contribution in [0.4, 0.5) is 10.5 Å². The smallest absolute Gasteiger partial charge is 0.412 e. The molecule has 90 valence electrons. The second-order valence-corrected chi connectivity index (χ2v) is 4.79. The van der Waals surface area contributed by atoms with Gasteiger partial charge in [0.2, 0.25) is 0 Å². The van der Waals surface area contributed by atoms with Gasteiger partial charge in [0.15, 0.2) is 0 Å². The number of nitrogens with one attached hydrogen (secondary N) is 1. The Bertz CT molecular complexity index is 467. The molecule has 1 aromatic carbocycles. The molecule has 0 fully saturated rings. The molecule has 0 aliphatic rings. The van der Waals surface area contributed by atoms with E-state index in [1.54, 1.807) is 32.9 Å². The van der Waals surface area contributed by atoms with Crippen molar-refractivity contribution in [3.8, 4) is 6.07 Å². The molecule has 0 atom stereocenters. The number of benzene rings is 1. The Kier molecular flexibility index (Phi) is 3.74. The monoisotopic (exact) mass is 232 g/mol. The molecule has 1 N–H and O–H groups in total. The van der Waals surface area contributed by atoms with Gasteiger partial charge in [-0.05, 0) is 45.4 Å². The third kappa shape index (κ3) is 4.15. The lowest BCUT2D eigenvalue weighted by molar-refractivity contribution is 0.0636. The summed E-state index contributed by atoms with van der Waals surface area (Å²) in [6.07, 6.45) is -0.558. The van der Waals surface area contributed by atoms with E-state index in [1.807, 2.05) is 19.1 Å². The number of carbonyl (C=O) groups is 1. The first-order valence-electron chi connectivity index (χ1n) is 5.32. The average molecular weight is 232 g/mol. The molecule has 1 amide bonds. The van der Waals surface area contributed by atoms with Crippen LogP contribution in [-0.4, -0.2) is 11.7 Å². The van der Waals surface area contributed by atoms with Gasteiger partial charge in [0.25, 0.3) is 0 Å². The van der Waals surface area contributed by atoms with E-state index in [1.165, 1.54) is 0 Å². The SMILES string of the molecule is Cc1ccc(NC(=O)OC(C)(C)C)c(C#N)c1. The standard InChI is InChI=1S/C13H16N2O2/c1-9-5-6-11(10(7-9)8-14)15-12(16)17-13(2,3)4/h5-7H,1-4H3,(H,15,16).